The molecule has 0 bridgehead atoms. The molecule has 3 aromatic rings. The van der Waals surface area contributed by atoms with Crippen LogP contribution < -0.4 is 5.56 Å². The first-order valence-electron chi connectivity index (χ1n) is 9.76. The molecule has 6 heteroatoms. The first-order valence-corrected chi connectivity index (χ1v) is 11.0. The minimum Gasteiger partial charge on any atom is -0.268 e. The van der Waals surface area contributed by atoms with Crippen LogP contribution in [0.2, 0.25) is 0 Å². The lowest BCUT2D eigenvalue weighted by Gasteiger charge is -2.37. The van der Waals surface area contributed by atoms with E-state index in [1.54, 1.807) is 9.08 Å². The van der Waals surface area contributed by atoms with Gasteiger partial charge in [0.05, 0.1) is 17.8 Å². The van der Waals surface area contributed by atoms with Gasteiger partial charge in [-0.05, 0) is 38.0 Å². The van der Waals surface area contributed by atoms with Gasteiger partial charge in [0.2, 0.25) is 5.78 Å². The van der Waals surface area contributed by atoms with E-state index in [2.05, 4.69) is 43.7 Å². The fourth-order valence-electron chi connectivity index (χ4n) is 4.43. The molecule has 0 atom stereocenters. The number of hydrogen-bond acceptors (Lipinski definition) is 4. The minimum absolute atomic E-state index is 0.0236. The highest BCUT2D eigenvalue weighted by Crippen LogP contribution is 2.44. The van der Waals surface area contributed by atoms with Crippen LogP contribution in [0.4, 0.5) is 0 Å². The topological polar surface area (TPSA) is 52.2 Å². The Hall–Kier alpha value is -2.34. The second-order valence-electron chi connectivity index (χ2n) is 7.70. The molecular weight excluding hydrogens is 368 g/mol. The van der Waals surface area contributed by atoms with Gasteiger partial charge in [-0.25, -0.2) is 14.1 Å². The standard InChI is InChI=1S/C22H26N4OS/c1-6-22(7-2)12-15-10-8-9-11-16(15)18-17(22)19(27)26-20(23-18)25(13-14(3)4)24-21(26)28-5/h8-11H,3,6-7,12-13H2,1-2,4-5H3. The van der Waals surface area contributed by atoms with Gasteiger partial charge in [0.25, 0.3) is 5.56 Å². The first-order chi connectivity index (χ1) is 13.5. The van der Waals surface area contributed by atoms with Gasteiger partial charge in [-0.1, -0.05) is 62.0 Å². The van der Waals surface area contributed by atoms with Crippen molar-refractivity contribution in [3.63, 3.8) is 0 Å². The molecule has 4 rings (SSSR count). The van der Waals surface area contributed by atoms with Gasteiger partial charge in [0.15, 0.2) is 5.16 Å². The molecule has 28 heavy (non-hydrogen) atoms. The highest BCUT2D eigenvalue weighted by molar-refractivity contribution is 7.98. The second-order valence-corrected chi connectivity index (χ2v) is 8.47. The molecule has 0 N–H and O–H groups in total. The third-order valence-electron chi connectivity index (χ3n) is 5.98. The molecule has 0 aliphatic heterocycles. The molecule has 2 aromatic heterocycles. The molecule has 0 unspecified atom stereocenters. The maximum Gasteiger partial charge on any atom is 0.265 e. The van der Waals surface area contributed by atoms with Crippen molar-refractivity contribution in [3.8, 4) is 11.3 Å². The molecule has 5 nitrogen and oxygen atoms in total. The lowest BCUT2D eigenvalue weighted by molar-refractivity contribution is 0.382. The van der Waals surface area contributed by atoms with Crippen LogP contribution in [0.1, 0.15) is 44.7 Å². The van der Waals surface area contributed by atoms with Crippen molar-refractivity contribution in [1.29, 1.82) is 0 Å². The van der Waals surface area contributed by atoms with Crippen LogP contribution in [0.25, 0.3) is 17.0 Å². The van der Waals surface area contributed by atoms with Crippen molar-refractivity contribution in [1.82, 2.24) is 19.2 Å². The smallest absolute Gasteiger partial charge is 0.265 e. The van der Waals surface area contributed by atoms with Crippen molar-refractivity contribution in [2.45, 2.75) is 57.1 Å². The van der Waals surface area contributed by atoms with Gasteiger partial charge in [-0.2, -0.15) is 0 Å². The van der Waals surface area contributed by atoms with Crippen LogP contribution in [0.3, 0.4) is 0 Å². The quantitative estimate of drug-likeness (QED) is 0.473. The van der Waals surface area contributed by atoms with E-state index >= 15 is 0 Å². The third-order valence-corrected chi connectivity index (χ3v) is 6.61. The van der Waals surface area contributed by atoms with E-state index in [1.807, 2.05) is 19.2 Å². The zero-order valence-electron chi connectivity index (χ0n) is 17.0. The van der Waals surface area contributed by atoms with E-state index in [4.69, 9.17) is 4.98 Å². The van der Waals surface area contributed by atoms with Crippen LogP contribution in [0, 0.1) is 0 Å². The van der Waals surface area contributed by atoms with Crippen LogP contribution in [-0.2, 0) is 18.4 Å². The summed E-state index contributed by atoms with van der Waals surface area (Å²) in [6.45, 7) is 10.9. The molecular formula is C22H26N4OS. The molecule has 0 amide bonds. The Morgan fingerprint density at radius 3 is 2.64 bits per heavy atom. The molecule has 2 heterocycles. The Kier molecular flexibility index (Phi) is 4.70. The molecule has 0 fully saturated rings. The molecule has 0 saturated carbocycles. The summed E-state index contributed by atoms with van der Waals surface area (Å²) in [5, 5.41) is 5.33. The summed E-state index contributed by atoms with van der Waals surface area (Å²) in [5.74, 6) is 0.592. The van der Waals surface area contributed by atoms with Crippen molar-refractivity contribution < 1.29 is 0 Å². The van der Waals surface area contributed by atoms with Crippen molar-refractivity contribution in [2.75, 3.05) is 6.26 Å². The fraction of sp³-hybridized carbons (Fsp3) is 0.409. The number of nitrogens with zero attached hydrogens (tertiary/aromatic N) is 4. The molecule has 1 aliphatic carbocycles. The average Bonchev–Trinajstić information content (AvgIpc) is 3.04. The Labute approximate surface area is 169 Å². The molecule has 146 valence electrons. The third kappa shape index (κ3) is 2.65. The maximum atomic E-state index is 13.8. The molecule has 1 aliphatic rings. The number of benzene rings is 1. The van der Waals surface area contributed by atoms with Crippen molar-refractivity contribution in [3.05, 3.63) is 57.9 Å². The second kappa shape index (κ2) is 6.92. The maximum absolute atomic E-state index is 13.8. The van der Waals surface area contributed by atoms with Crippen LogP contribution in [-0.4, -0.2) is 25.4 Å². The summed E-state index contributed by atoms with van der Waals surface area (Å²) in [7, 11) is 0. The predicted molar refractivity (Wildman–Crippen MR) is 115 cm³/mol. The van der Waals surface area contributed by atoms with Crippen LogP contribution >= 0.6 is 11.8 Å². The van der Waals surface area contributed by atoms with Gasteiger partial charge in [0.1, 0.15) is 0 Å². The van der Waals surface area contributed by atoms with Gasteiger partial charge in [-0.3, -0.25) is 4.79 Å². The van der Waals surface area contributed by atoms with Crippen molar-refractivity contribution in [2.24, 2.45) is 0 Å². The summed E-state index contributed by atoms with van der Waals surface area (Å²) in [5.41, 5.74) is 4.82. The Balaban J connectivity index is 2.15. The largest absolute Gasteiger partial charge is 0.268 e. The number of thioether (sulfide) groups is 1. The average molecular weight is 395 g/mol. The lowest BCUT2D eigenvalue weighted by atomic mass is 9.66. The number of hydrogen-bond donors (Lipinski definition) is 0. The minimum atomic E-state index is -0.193. The normalized spacial score (nSPS) is 14.7. The van der Waals surface area contributed by atoms with Gasteiger partial charge < -0.3 is 0 Å². The Bertz CT molecular complexity index is 1140. The van der Waals surface area contributed by atoms with E-state index in [9.17, 15) is 4.79 Å². The number of aromatic nitrogens is 4. The number of allylic oxidation sites excluding steroid dienone is 1. The highest BCUT2D eigenvalue weighted by atomic mass is 32.2. The fourth-order valence-corrected chi connectivity index (χ4v) is 4.95. The number of fused-ring (bicyclic) bond motifs is 4. The summed E-state index contributed by atoms with van der Waals surface area (Å²) in [4.78, 5) is 18.9. The zero-order chi connectivity index (χ0) is 20.1. The van der Waals surface area contributed by atoms with Crippen LogP contribution in [0.15, 0.2) is 46.4 Å². The summed E-state index contributed by atoms with van der Waals surface area (Å²) < 4.78 is 3.49. The molecule has 0 spiro atoms. The summed E-state index contributed by atoms with van der Waals surface area (Å²) >= 11 is 1.47. The van der Waals surface area contributed by atoms with Gasteiger partial charge >= 0.3 is 0 Å². The molecule has 1 aromatic carbocycles. The Morgan fingerprint density at radius 2 is 2.00 bits per heavy atom. The van der Waals surface area contributed by atoms with E-state index in [0.717, 1.165) is 41.7 Å². The summed E-state index contributed by atoms with van der Waals surface area (Å²) in [6, 6.07) is 8.35. The number of rotatable bonds is 5. The Morgan fingerprint density at radius 1 is 1.29 bits per heavy atom. The summed E-state index contributed by atoms with van der Waals surface area (Å²) in [6.07, 6.45) is 4.63. The van der Waals surface area contributed by atoms with Gasteiger partial charge in [0, 0.05) is 11.0 Å². The monoisotopic (exact) mass is 394 g/mol. The van der Waals surface area contributed by atoms with Crippen LogP contribution in [0.5, 0.6) is 0 Å². The van der Waals surface area contributed by atoms with E-state index in [-0.39, 0.29) is 11.0 Å². The lowest BCUT2D eigenvalue weighted by Crippen LogP contribution is -2.39. The van der Waals surface area contributed by atoms with E-state index in [1.165, 1.54) is 17.3 Å². The zero-order valence-corrected chi connectivity index (χ0v) is 17.8. The first kappa shape index (κ1) is 19.0. The highest BCUT2D eigenvalue weighted by Gasteiger charge is 2.40. The predicted octanol–water partition coefficient (Wildman–Crippen LogP) is 4.47. The SMILES string of the molecule is C=C(C)Cn1nc(SC)n2c(=O)c3c(nc12)-c1ccccc1CC3(CC)CC. The van der Waals surface area contributed by atoms with E-state index in [0.29, 0.717) is 17.5 Å². The molecule has 0 saturated heterocycles. The van der Waals surface area contributed by atoms with E-state index < -0.39 is 0 Å². The molecule has 0 radical (unpaired) electrons. The van der Waals surface area contributed by atoms with Gasteiger partial charge in [-0.15, -0.1) is 5.10 Å². The van der Waals surface area contributed by atoms with Crippen molar-refractivity contribution >= 4 is 17.5 Å².